The Bertz CT molecular complexity index is 870. The van der Waals surface area contributed by atoms with Gasteiger partial charge in [0.1, 0.15) is 12.4 Å². The van der Waals surface area contributed by atoms with Crippen molar-refractivity contribution in [1.82, 2.24) is 5.32 Å². The van der Waals surface area contributed by atoms with Crippen LogP contribution in [0.15, 0.2) is 17.7 Å². The number of halogens is 3. The smallest absolute Gasteiger partial charge is 0.294 e. The van der Waals surface area contributed by atoms with Crippen LogP contribution in [0.5, 0.6) is 5.75 Å². The number of fused-ring (bicyclic) bond motifs is 1. The molecule has 1 atom stereocenters. The highest BCUT2D eigenvalue weighted by atomic mass is 35.5. The summed E-state index contributed by atoms with van der Waals surface area (Å²) in [7, 11) is 4.98. The van der Waals surface area contributed by atoms with Gasteiger partial charge in [0.25, 0.3) is 11.0 Å². The molecule has 0 aliphatic carbocycles. The first-order valence-electron chi connectivity index (χ1n) is 9.33. The second kappa shape index (κ2) is 9.82. The van der Waals surface area contributed by atoms with Crippen LogP contribution in [-0.2, 0) is 19.8 Å². The molecule has 0 unspecified atom stereocenters. The van der Waals surface area contributed by atoms with E-state index in [9.17, 15) is 23.7 Å². The molecule has 1 aromatic carbocycles. The molecule has 1 aromatic rings. The molecule has 1 aliphatic heterocycles. The summed E-state index contributed by atoms with van der Waals surface area (Å²) in [4.78, 5) is 26.6. The molecule has 0 bridgehead atoms. The average molecular weight is 459 g/mol. The van der Waals surface area contributed by atoms with Gasteiger partial charge in [-0.05, 0) is 29.2 Å². The molecule has 1 N–H and O–H groups in total. The summed E-state index contributed by atoms with van der Waals surface area (Å²) in [5.41, 5.74) is 0.349. The lowest BCUT2D eigenvalue weighted by Gasteiger charge is -2.32. The number of carbonyl (C=O) groups is 1. The van der Waals surface area contributed by atoms with Crippen molar-refractivity contribution >= 4 is 31.4 Å². The molecule has 2 rings (SSSR count). The molecule has 2 radical (unpaired) electrons. The molecule has 0 saturated carbocycles. The SMILES string of the molecule is [B]C(F)(F)[C@H]1Oc2cc(C(C)(C)C)c(Cl)cc2C=C1C(=O)NCCOCCO[N+](=O)[O-]. The van der Waals surface area contributed by atoms with Crippen molar-refractivity contribution in [3.63, 3.8) is 0 Å². The highest BCUT2D eigenvalue weighted by molar-refractivity contribution is 6.31. The summed E-state index contributed by atoms with van der Waals surface area (Å²) in [6, 6.07) is 3.12. The fraction of sp³-hybridized carbons (Fsp3) is 0.526. The molecular formula is C19H22BClF2N2O6. The van der Waals surface area contributed by atoms with E-state index in [0.717, 1.165) is 0 Å². The molecule has 0 saturated heterocycles. The Morgan fingerprint density at radius 1 is 1.32 bits per heavy atom. The zero-order chi connectivity index (χ0) is 23.4. The van der Waals surface area contributed by atoms with Gasteiger partial charge < -0.3 is 19.6 Å². The maximum atomic E-state index is 14.0. The highest BCUT2D eigenvalue weighted by Crippen LogP contribution is 2.40. The van der Waals surface area contributed by atoms with Crippen LogP contribution in [0.3, 0.4) is 0 Å². The van der Waals surface area contributed by atoms with Crippen molar-refractivity contribution in [2.45, 2.75) is 38.1 Å². The van der Waals surface area contributed by atoms with Crippen molar-refractivity contribution < 1.29 is 33.0 Å². The third-order valence-corrected chi connectivity index (χ3v) is 4.63. The van der Waals surface area contributed by atoms with E-state index in [4.69, 9.17) is 28.9 Å². The number of rotatable bonds is 9. The van der Waals surface area contributed by atoms with Crippen LogP contribution in [-0.4, -0.2) is 57.1 Å². The van der Waals surface area contributed by atoms with Crippen LogP contribution in [0.1, 0.15) is 31.9 Å². The van der Waals surface area contributed by atoms with Gasteiger partial charge in [0.15, 0.2) is 14.0 Å². The van der Waals surface area contributed by atoms with E-state index >= 15 is 0 Å². The molecule has 168 valence electrons. The van der Waals surface area contributed by atoms with Crippen LogP contribution >= 0.6 is 11.6 Å². The third kappa shape index (κ3) is 6.80. The molecule has 1 aliphatic rings. The fourth-order valence-corrected chi connectivity index (χ4v) is 3.33. The average Bonchev–Trinajstić information content (AvgIpc) is 2.63. The van der Waals surface area contributed by atoms with Crippen molar-refractivity contribution in [3.05, 3.63) is 44.0 Å². The number of hydrogen-bond donors (Lipinski definition) is 1. The van der Waals surface area contributed by atoms with Crippen LogP contribution < -0.4 is 10.1 Å². The summed E-state index contributed by atoms with van der Waals surface area (Å²) in [5.74, 6) is -4.49. The Labute approximate surface area is 184 Å². The maximum Gasteiger partial charge on any atom is 0.294 e. The van der Waals surface area contributed by atoms with E-state index in [1.54, 1.807) is 12.1 Å². The van der Waals surface area contributed by atoms with E-state index in [1.165, 1.54) is 6.08 Å². The molecule has 1 heterocycles. The summed E-state index contributed by atoms with van der Waals surface area (Å²) >= 11 is 6.34. The van der Waals surface area contributed by atoms with E-state index in [-0.39, 0.29) is 43.1 Å². The number of alkyl halides is 2. The Balaban J connectivity index is 2.14. The van der Waals surface area contributed by atoms with E-state index in [0.29, 0.717) is 16.1 Å². The number of carbonyl (C=O) groups excluding carboxylic acids is 1. The van der Waals surface area contributed by atoms with Crippen LogP contribution in [0.25, 0.3) is 6.08 Å². The molecule has 12 heteroatoms. The largest absolute Gasteiger partial charge is 0.480 e. The van der Waals surface area contributed by atoms with Gasteiger partial charge in [0.2, 0.25) is 5.82 Å². The van der Waals surface area contributed by atoms with Gasteiger partial charge in [-0.15, -0.1) is 10.1 Å². The summed E-state index contributed by atoms with van der Waals surface area (Å²) in [6.07, 6.45) is -0.729. The number of hydrogen-bond acceptors (Lipinski definition) is 6. The lowest BCUT2D eigenvalue weighted by molar-refractivity contribution is -0.758. The Morgan fingerprint density at radius 3 is 2.58 bits per heavy atom. The van der Waals surface area contributed by atoms with Gasteiger partial charge in [-0.25, -0.2) is 8.78 Å². The van der Waals surface area contributed by atoms with Gasteiger partial charge in [-0.2, -0.15) is 0 Å². The van der Waals surface area contributed by atoms with Crippen LogP contribution in [0, 0.1) is 10.1 Å². The third-order valence-electron chi connectivity index (χ3n) is 4.31. The standard InChI is InChI=1S/C19H22BClF2N2O6/c1-18(2,3)13-10-15-11(9-14(13)21)8-12(16(31-15)19(20,22)23)17(26)24-4-5-29-6-7-30-25(27)28/h8-10,16H,4-7H2,1-3H3,(H,24,26)/t16-/m0/s1. The number of ether oxygens (including phenoxy) is 2. The topological polar surface area (TPSA) is 99.9 Å². The number of nitrogens with zero attached hydrogens (tertiary/aromatic N) is 1. The molecular weight excluding hydrogens is 436 g/mol. The number of nitrogens with one attached hydrogen (secondary N) is 1. The van der Waals surface area contributed by atoms with Crippen molar-refractivity contribution in [1.29, 1.82) is 0 Å². The zero-order valence-corrected chi connectivity index (χ0v) is 18.0. The Kier molecular flexibility index (Phi) is 7.88. The van der Waals surface area contributed by atoms with Gasteiger partial charge in [-0.1, -0.05) is 32.4 Å². The monoisotopic (exact) mass is 458 g/mol. The highest BCUT2D eigenvalue weighted by Gasteiger charge is 2.43. The lowest BCUT2D eigenvalue weighted by Crippen LogP contribution is -2.46. The zero-order valence-electron chi connectivity index (χ0n) is 17.2. The number of benzene rings is 1. The summed E-state index contributed by atoms with van der Waals surface area (Å²) < 4.78 is 38.5. The molecule has 8 nitrogen and oxygen atoms in total. The summed E-state index contributed by atoms with van der Waals surface area (Å²) in [6.45, 7) is 5.36. The quantitative estimate of drug-likeness (QED) is 0.264. The van der Waals surface area contributed by atoms with Gasteiger partial charge in [0.05, 0.1) is 18.8 Å². The van der Waals surface area contributed by atoms with E-state index < -0.39 is 22.9 Å². The predicted octanol–water partition coefficient (Wildman–Crippen LogP) is 2.88. The molecule has 1 amide bonds. The fourth-order valence-electron chi connectivity index (χ4n) is 2.87. The summed E-state index contributed by atoms with van der Waals surface area (Å²) in [5, 5.41) is 11.9. The minimum absolute atomic E-state index is 0.0119. The molecule has 0 fully saturated rings. The van der Waals surface area contributed by atoms with Crippen LogP contribution in [0.2, 0.25) is 5.02 Å². The van der Waals surface area contributed by atoms with E-state index in [1.807, 2.05) is 20.8 Å². The second-order valence-corrected chi connectivity index (χ2v) is 8.22. The Morgan fingerprint density at radius 2 is 2.00 bits per heavy atom. The normalized spacial score (nSPS) is 16.1. The second-order valence-electron chi connectivity index (χ2n) is 7.82. The maximum absolute atomic E-state index is 14.0. The molecule has 0 spiro atoms. The van der Waals surface area contributed by atoms with E-state index in [2.05, 4.69) is 10.2 Å². The first-order chi connectivity index (χ1) is 14.3. The minimum atomic E-state index is -3.82. The van der Waals surface area contributed by atoms with Crippen molar-refractivity contribution in [2.24, 2.45) is 0 Å². The van der Waals surface area contributed by atoms with Crippen molar-refractivity contribution in [3.8, 4) is 5.75 Å². The first-order valence-corrected chi connectivity index (χ1v) is 9.70. The number of amides is 1. The molecule has 0 aromatic heterocycles. The van der Waals surface area contributed by atoms with Gasteiger partial charge in [0, 0.05) is 17.1 Å². The van der Waals surface area contributed by atoms with Crippen molar-refractivity contribution in [2.75, 3.05) is 26.4 Å². The van der Waals surface area contributed by atoms with Crippen LogP contribution in [0.4, 0.5) is 8.78 Å². The minimum Gasteiger partial charge on any atom is -0.480 e. The molecule has 31 heavy (non-hydrogen) atoms. The van der Waals surface area contributed by atoms with Gasteiger partial charge in [-0.3, -0.25) is 4.79 Å². The first kappa shape index (κ1) is 24.9. The predicted molar refractivity (Wildman–Crippen MR) is 110 cm³/mol. The lowest BCUT2D eigenvalue weighted by atomic mass is 9.83. The van der Waals surface area contributed by atoms with Gasteiger partial charge >= 0.3 is 0 Å². The Hall–Kier alpha value is -2.40.